The molecule has 51 heavy (non-hydrogen) atoms. The number of nitrogens with two attached hydrogens (primary N) is 1. The Morgan fingerprint density at radius 3 is 2.37 bits per heavy atom. The second-order valence-corrected chi connectivity index (χ2v) is 14.2. The van der Waals surface area contributed by atoms with Gasteiger partial charge in [0.2, 0.25) is 11.8 Å². The zero-order chi connectivity index (χ0) is 36.9. The van der Waals surface area contributed by atoms with Gasteiger partial charge >= 0.3 is 6.09 Å². The lowest BCUT2D eigenvalue weighted by Gasteiger charge is -2.31. The lowest BCUT2D eigenvalue weighted by atomic mass is 9.81. The minimum Gasteiger partial charge on any atom is -0.445 e. The van der Waals surface area contributed by atoms with Crippen molar-refractivity contribution in [2.24, 2.45) is 23.5 Å². The zero-order valence-electron chi connectivity index (χ0n) is 29.6. The number of aromatic nitrogens is 2. The van der Waals surface area contributed by atoms with Crippen LogP contribution in [0, 0.1) is 17.8 Å². The monoisotopic (exact) mass is 718 g/mol. The Hall–Kier alpha value is -4.59. The summed E-state index contributed by atoms with van der Waals surface area (Å²) >= 11 is 1.34. The molecule has 0 saturated heterocycles. The van der Waals surface area contributed by atoms with Gasteiger partial charge in [0.05, 0.1) is 23.4 Å². The number of thiazole rings is 1. The normalized spacial score (nSPS) is 15.0. The molecule has 2 heterocycles. The first-order valence-corrected chi connectivity index (χ1v) is 18.4. The van der Waals surface area contributed by atoms with Crippen LogP contribution in [0.3, 0.4) is 0 Å². The molecule has 6 atom stereocenters. The van der Waals surface area contributed by atoms with Crippen molar-refractivity contribution < 1.29 is 29.0 Å². The molecule has 0 aliphatic rings. The number of carbonyl (C=O) groups excluding carboxylic acids is 4. The number of nitrogens with one attached hydrogen (secondary N) is 4. The van der Waals surface area contributed by atoms with E-state index in [0.29, 0.717) is 12.2 Å². The Balaban J connectivity index is 1.59. The Morgan fingerprint density at radius 1 is 0.961 bits per heavy atom. The third-order valence-electron chi connectivity index (χ3n) is 8.97. The summed E-state index contributed by atoms with van der Waals surface area (Å²) in [5.74, 6) is -2.57. The molecule has 2 aromatic heterocycles. The average Bonchev–Trinajstić information content (AvgIpc) is 3.80. The van der Waals surface area contributed by atoms with Gasteiger partial charge in [-0.05, 0) is 35.4 Å². The van der Waals surface area contributed by atoms with Crippen LogP contribution in [-0.2, 0) is 38.6 Å². The second-order valence-electron chi connectivity index (χ2n) is 13.5. The number of para-hydroxylation sites is 1. The van der Waals surface area contributed by atoms with Gasteiger partial charge in [0.25, 0.3) is 0 Å². The number of carbonyl (C=O) groups is 4. The van der Waals surface area contributed by atoms with E-state index in [-0.39, 0.29) is 37.7 Å². The number of rotatable bonds is 19. The van der Waals surface area contributed by atoms with E-state index < -0.39 is 53.8 Å². The molecule has 0 fully saturated rings. The van der Waals surface area contributed by atoms with Crippen LogP contribution >= 0.6 is 11.3 Å². The highest BCUT2D eigenvalue weighted by Crippen LogP contribution is 2.23. The van der Waals surface area contributed by atoms with E-state index in [9.17, 15) is 24.3 Å². The SMILES string of the molecule is CCC(C)CNC(=O)C(N)[C@@H](O)[C@H](CC(C)C)C(=O)[C@H](Cc1cscn1)NC(=O)[C@H](Cc1c[nH]c2ccccc12)NC(=O)OCc1ccccc1. The van der Waals surface area contributed by atoms with Crippen LogP contribution in [0.25, 0.3) is 10.9 Å². The Kier molecular flexibility index (Phi) is 14.7. The number of H-pyrrole nitrogens is 1. The van der Waals surface area contributed by atoms with E-state index in [1.165, 1.54) is 11.3 Å². The largest absolute Gasteiger partial charge is 0.445 e. The predicted octanol–water partition coefficient (Wildman–Crippen LogP) is 4.27. The van der Waals surface area contributed by atoms with E-state index >= 15 is 0 Å². The number of aromatic amines is 1. The number of ether oxygens (including phenoxy) is 1. The van der Waals surface area contributed by atoms with Crippen molar-refractivity contribution in [1.82, 2.24) is 25.9 Å². The van der Waals surface area contributed by atoms with Gasteiger partial charge < -0.3 is 36.5 Å². The third kappa shape index (κ3) is 11.5. The number of benzene rings is 2. The lowest BCUT2D eigenvalue weighted by molar-refractivity contribution is -0.136. The number of aliphatic hydroxyl groups is 1. The molecule has 13 heteroatoms. The third-order valence-corrected chi connectivity index (χ3v) is 9.61. The van der Waals surface area contributed by atoms with E-state index in [1.807, 2.05) is 82.3 Å². The molecule has 2 aromatic carbocycles. The van der Waals surface area contributed by atoms with Crippen LogP contribution in [0.4, 0.5) is 4.79 Å². The molecule has 0 radical (unpaired) electrons. The first-order chi connectivity index (χ1) is 24.5. The van der Waals surface area contributed by atoms with Crippen LogP contribution in [0.2, 0.25) is 0 Å². The summed E-state index contributed by atoms with van der Waals surface area (Å²) < 4.78 is 5.46. The van der Waals surface area contributed by atoms with Gasteiger partial charge in [-0.3, -0.25) is 14.4 Å². The fourth-order valence-electron chi connectivity index (χ4n) is 5.81. The van der Waals surface area contributed by atoms with Crippen molar-refractivity contribution in [2.75, 3.05) is 6.54 Å². The lowest BCUT2D eigenvalue weighted by Crippen LogP contribution is -2.57. The number of fused-ring (bicyclic) bond motifs is 1. The molecule has 7 N–H and O–H groups in total. The first kappa shape index (κ1) is 39.2. The molecule has 0 saturated carbocycles. The number of alkyl carbamates (subject to hydrolysis) is 1. The van der Waals surface area contributed by atoms with Gasteiger partial charge in [0.15, 0.2) is 5.78 Å². The summed E-state index contributed by atoms with van der Waals surface area (Å²) in [5, 5.41) is 22.4. The molecule has 3 amide bonds. The fraction of sp³-hybridized carbons (Fsp3) is 0.447. The van der Waals surface area contributed by atoms with Crippen molar-refractivity contribution >= 4 is 45.9 Å². The number of amides is 3. The number of Topliss-reactive ketones (excluding diaryl/α,β-unsaturated/α-hetero) is 1. The summed E-state index contributed by atoms with van der Waals surface area (Å²) in [6.45, 7) is 8.19. The van der Waals surface area contributed by atoms with E-state index in [0.717, 1.165) is 28.5 Å². The topological polar surface area (TPSA) is 189 Å². The number of aliphatic hydroxyl groups excluding tert-OH is 1. The summed E-state index contributed by atoms with van der Waals surface area (Å²) in [5.41, 5.74) is 10.9. The van der Waals surface area contributed by atoms with Gasteiger partial charge in [-0.1, -0.05) is 82.6 Å². The highest BCUT2D eigenvalue weighted by atomic mass is 32.1. The van der Waals surface area contributed by atoms with Crippen molar-refractivity contribution in [3.8, 4) is 0 Å². The molecule has 0 bridgehead atoms. The fourth-order valence-corrected chi connectivity index (χ4v) is 6.38. The highest BCUT2D eigenvalue weighted by molar-refractivity contribution is 7.07. The van der Waals surface area contributed by atoms with E-state index in [4.69, 9.17) is 10.5 Å². The summed E-state index contributed by atoms with van der Waals surface area (Å²) in [4.78, 5) is 62.2. The maximum Gasteiger partial charge on any atom is 0.408 e. The van der Waals surface area contributed by atoms with Crippen molar-refractivity contribution in [3.63, 3.8) is 0 Å². The summed E-state index contributed by atoms with van der Waals surface area (Å²) in [7, 11) is 0. The number of ketones is 1. The summed E-state index contributed by atoms with van der Waals surface area (Å²) in [6, 6.07) is 13.1. The maximum atomic E-state index is 14.4. The quantitative estimate of drug-likeness (QED) is 0.0829. The van der Waals surface area contributed by atoms with E-state index in [2.05, 4.69) is 25.9 Å². The van der Waals surface area contributed by atoms with Crippen LogP contribution < -0.4 is 21.7 Å². The second kappa shape index (κ2) is 19.1. The van der Waals surface area contributed by atoms with Crippen LogP contribution in [0.1, 0.15) is 57.4 Å². The van der Waals surface area contributed by atoms with Gasteiger partial charge in [-0.15, -0.1) is 11.3 Å². The molecule has 0 spiro atoms. The molecule has 2 unspecified atom stereocenters. The van der Waals surface area contributed by atoms with Crippen molar-refractivity contribution in [1.29, 1.82) is 0 Å². The highest BCUT2D eigenvalue weighted by Gasteiger charge is 2.39. The first-order valence-electron chi connectivity index (χ1n) is 17.4. The van der Waals surface area contributed by atoms with Crippen molar-refractivity contribution in [2.45, 2.75) is 84.2 Å². The molecule has 274 valence electrons. The molecular weight excluding hydrogens is 669 g/mol. The van der Waals surface area contributed by atoms with Gasteiger partial charge in [0.1, 0.15) is 18.7 Å². The maximum absolute atomic E-state index is 14.4. The molecule has 0 aliphatic heterocycles. The molecule has 12 nitrogen and oxygen atoms in total. The van der Waals surface area contributed by atoms with Gasteiger partial charge in [-0.25, -0.2) is 9.78 Å². The predicted molar refractivity (Wildman–Crippen MR) is 198 cm³/mol. The van der Waals surface area contributed by atoms with Crippen LogP contribution in [-0.4, -0.2) is 69.5 Å². The Bertz CT molecular complexity index is 1710. The summed E-state index contributed by atoms with van der Waals surface area (Å²) in [6.07, 6.45) is 0.659. The zero-order valence-corrected chi connectivity index (χ0v) is 30.5. The van der Waals surface area contributed by atoms with Crippen molar-refractivity contribution in [3.05, 3.63) is 88.5 Å². The smallest absolute Gasteiger partial charge is 0.408 e. The molecule has 4 rings (SSSR count). The average molecular weight is 719 g/mol. The number of nitrogens with zero attached hydrogens (tertiary/aromatic N) is 1. The van der Waals surface area contributed by atoms with Gasteiger partial charge in [0, 0.05) is 47.8 Å². The minimum atomic E-state index is -1.51. The van der Waals surface area contributed by atoms with Gasteiger partial charge in [-0.2, -0.15) is 0 Å². The Morgan fingerprint density at radius 2 is 1.69 bits per heavy atom. The molecule has 4 aromatic rings. The number of hydrogen-bond donors (Lipinski definition) is 6. The number of hydrogen-bond acceptors (Lipinski definition) is 9. The van der Waals surface area contributed by atoms with Crippen LogP contribution in [0.5, 0.6) is 0 Å². The van der Waals surface area contributed by atoms with Crippen LogP contribution in [0.15, 0.2) is 71.7 Å². The molecular formula is C38H50N6O6S. The standard InChI is InChI=1S/C38H50N6O6S/c1-5-24(4)18-41-37(48)33(39)35(46)29(15-23(2)3)34(45)31(17-27-21-51-22-42-27)43-36(47)32(16-26-19-40-30-14-10-9-13-28(26)30)44-38(49)50-20-25-11-7-6-8-12-25/h6-14,19,21-24,29,31-33,35,40,46H,5,15-18,20,39H2,1-4H3,(H,41,48)(H,43,47)(H,44,49)/t24?,29-,31+,32+,33?,35+/m1/s1. The van der Waals surface area contributed by atoms with E-state index in [1.54, 1.807) is 17.1 Å². The minimum absolute atomic E-state index is 0.000998. The Labute approximate surface area is 303 Å². The molecule has 0 aliphatic carbocycles.